The maximum atomic E-state index is 12.8. The van der Waals surface area contributed by atoms with E-state index in [2.05, 4.69) is 20.3 Å². The zero-order chi connectivity index (χ0) is 19.6. The van der Waals surface area contributed by atoms with E-state index in [-0.39, 0.29) is 11.1 Å². The lowest BCUT2D eigenvalue weighted by molar-refractivity contribution is -0.140. The standard InChI is InChI=1S/C17H14ClF3N6/c1-27-9-13(17(19,20)21)25-15(27)11-4-2-10(3-5-11)7-23-14-12(6-22)8-24-16(18)26-14/h2-6,8-9,22H,7H2,1H3,(H,23,24,26). The first-order valence-electron chi connectivity index (χ1n) is 7.74. The van der Waals surface area contributed by atoms with E-state index >= 15 is 0 Å². The maximum absolute atomic E-state index is 12.8. The van der Waals surface area contributed by atoms with E-state index in [1.165, 1.54) is 17.8 Å². The van der Waals surface area contributed by atoms with Crippen molar-refractivity contribution in [2.45, 2.75) is 12.7 Å². The number of rotatable bonds is 5. The van der Waals surface area contributed by atoms with Crippen molar-refractivity contribution in [3.8, 4) is 11.4 Å². The van der Waals surface area contributed by atoms with Gasteiger partial charge in [-0.05, 0) is 17.2 Å². The van der Waals surface area contributed by atoms with Gasteiger partial charge in [-0.15, -0.1) is 0 Å². The Hall–Kier alpha value is -2.94. The summed E-state index contributed by atoms with van der Waals surface area (Å²) in [4.78, 5) is 11.5. The Kier molecular flexibility index (Phi) is 5.13. The molecular weight excluding hydrogens is 381 g/mol. The molecule has 0 amide bonds. The second-order valence-electron chi connectivity index (χ2n) is 5.70. The predicted octanol–water partition coefficient (Wildman–Crippen LogP) is 4.16. The lowest BCUT2D eigenvalue weighted by atomic mass is 10.1. The van der Waals surface area contributed by atoms with Gasteiger partial charge in [-0.25, -0.2) is 15.0 Å². The van der Waals surface area contributed by atoms with E-state index in [0.29, 0.717) is 23.5 Å². The van der Waals surface area contributed by atoms with Crippen LogP contribution in [0, 0.1) is 5.41 Å². The van der Waals surface area contributed by atoms with Crippen molar-refractivity contribution >= 4 is 23.6 Å². The van der Waals surface area contributed by atoms with Crippen LogP contribution in [-0.2, 0) is 19.8 Å². The number of benzene rings is 1. The van der Waals surface area contributed by atoms with Gasteiger partial charge in [-0.3, -0.25) is 0 Å². The fourth-order valence-corrected chi connectivity index (χ4v) is 2.58. The van der Waals surface area contributed by atoms with Crippen molar-refractivity contribution in [1.82, 2.24) is 19.5 Å². The molecule has 2 heterocycles. The Morgan fingerprint density at radius 3 is 2.52 bits per heavy atom. The Bertz CT molecular complexity index is 966. The zero-order valence-electron chi connectivity index (χ0n) is 14.0. The van der Waals surface area contributed by atoms with Gasteiger partial charge < -0.3 is 15.3 Å². The Labute approximate surface area is 157 Å². The molecule has 1 aromatic carbocycles. The number of imidazole rings is 1. The third-order valence-electron chi connectivity index (χ3n) is 3.78. The zero-order valence-corrected chi connectivity index (χ0v) is 14.8. The van der Waals surface area contributed by atoms with Crippen LogP contribution >= 0.6 is 11.6 Å². The molecule has 0 atom stereocenters. The highest BCUT2D eigenvalue weighted by atomic mass is 35.5. The van der Waals surface area contributed by atoms with Crippen LogP contribution in [0.2, 0.25) is 5.28 Å². The molecule has 2 N–H and O–H groups in total. The van der Waals surface area contributed by atoms with E-state index in [4.69, 9.17) is 17.0 Å². The molecule has 0 unspecified atom stereocenters. The van der Waals surface area contributed by atoms with E-state index in [1.54, 1.807) is 24.3 Å². The summed E-state index contributed by atoms with van der Waals surface area (Å²) in [7, 11) is 1.52. The lowest BCUT2D eigenvalue weighted by Gasteiger charge is -2.09. The van der Waals surface area contributed by atoms with Crippen LogP contribution in [0.25, 0.3) is 11.4 Å². The molecule has 10 heteroatoms. The summed E-state index contributed by atoms with van der Waals surface area (Å²) < 4.78 is 39.7. The normalized spacial score (nSPS) is 11.4. The van der Waals surface area contributed by atoms with Crippen LogP contribution in [-0.4, -0.2) is 25.7 Å². The van der Waals surface area contributed by atoms with Gasteiger partial charge in [0.25, 0.3) is 0 Å². The monoisotopic (exact) mass is 394 g/mol. The molecule has 0 aliphatic rings. The van der Waals surface area contributed by atoms with Gasteiger partial charge in [0.2, 0.25) is 5.28 Å². The van der Waals surface area contributed by atoms with Crippen molar-refractivity contribution in [2.75, 3.05) is 5.32 Å². The molecule has 0 bridgehead atoms. The topological polar surface area (TPSA) is 79.5 Å². The van der Waals surface area contributed by atoms with Crippen LogP contribution < -0.4 is 5.32 Å². The molecule has 0 spiro atoms. The Morgan fingerprint density at radius 1 is 1.22 bits per heavy atom. The molecule has 3 aromatic rings. The summed E-state index contributed by atoms with van der Waals surface area (Å²) >= 11 is 5.77. The average molecular weight is 395 g/mol. The van der Waals surface area contributed by atoms with Crippen LogP contribution in [0.5, 0.6) is 0 Å². The van der Waals surface area contributed by atoms with Crippen LogP contribution in [0.3, 0.4) is 0 Å². The molecule has 27 heavy (non-hydrogen) atoms. The average Bonchev–Trinajstić information content (AvgIpc) is 3.03. The van der Waals surface area contributed by atoms with Crippen molar-refractivity contribution in [2.24, 2.45) is 7.05 Å². The lowest BCUT2D eigenvalue weighted by Crippen LogP contribution is -2.05. The van der Waals surface area contributed by atoms with Gasteiger partial charge in [0.15, 0.2) is 5.69 Å². The minimum atomic E-state index is -4.48. The van der Waals surface area contributed by atoms with Crippen molar-refractivity contribution in [3.63, 3.8) is 0 Å². The van der Waals surface area contributed by atoms with Crippen molar-refractivity contribution < 1.29 is 13.2 Å². The third-order valence-corrected chi connectivity index (χ3v) is 3.96. The van der Waals surface area contributed by atoms with E-state index in [0.717, 1.165) is 18.0 Å². The third kappa shape index (κ3) is 4.25. The summed E-state index contributed by atoms with van der Waals surface area (Å²) in [6.45, 7) is 0.392. The van der Waals surface area contributed by atoms with Crippen molar-refractivity contribution in [1.29, 1.82) is 5.41 Å². The number of alkyl halides is 3. The minimum Gasteiger partial charge on any atom is -0.365 e. The van der Waals surface area contributed by atoms with Gasteiger partial charge >= 0.3 is 6.18 Å². The minimum absolute atomic E-state index is 0.0636. The van der Waals surface area contributed by atoms with Crippen LogP contribution in [0.4, 0.5) is 19.0 Å². The molecule has 3 rings (SSSR count). The Morgan fingerprint density at radius 2 is 1.93 bits per heavy atom. The molecule has 0 fully saturated rings. The summed E-state index contributed by atoms with van der Waals surface area (Å²) in [5.41, 5.74) is 1.01. The SMILES string of the molecule is Cn1cc(C(F)(F)F)nc1-c1ccc(CNc2nc(Cl)ncc2C=N)cc1. The molecule has 0 aliphatic heterocycles. The fraction of sp³-hybridized carbons (Fsp3) is 0.176. The molecule has 0 saturated heterocycles. The Balaban J connectivity index is 1.76. The molecule has 140 valence electrons. The second kappa shape index (κ2) is 7.36. The highest BCUT2D eigenvalue weighted by Crippen LogP contribution is 2.30. The van der Waals surface area contributed by atoms with E-state index in [1.807, 2.05) is 0 Å². The number of hydrogen-bond acceptors (Lipinski definition) is 5. The molecule has 6 nitrogen and oxygen atoms in total. The summed E-state index contributed by atoms with van der Waals surface area (Å²) in [6, 6.07) is 6.95. The van der Waals surface area contributed by atoms with Crippen LogP contribution in [0.15, 0.2) is 36.7 Å². The largest absolute Gasteiger partial charge is 0.434 e. The van der Waals surface area contributed by atoms with Gasteiger partial charge in [0.1, 0.15) is 11.6 Å². The van der Waals surface area contributed by atoms with Gasteiger partial charge in [-0.2, -0.15) is 13.2 Å². The highest BCUT2D eigenvalue weighted by molar-refractivity contribution is 6.28. The molecule has 0 aliphatic carbocycles. The summed E-state index contributed by atoms with van der Waals surface area (Å²) in [6.07, 6.45) is -0.970. The number of anilines is 1. The first-order valence-corrected chi connectivity index (χ1v) is 8.12. The predicted molar refractivity (Wildman–Crippen MR) is 95.9 cm³/mol. The number of hydrogen-bond donors (Lipinski definition) is 2. The van der Waals surface area contributed by atoms with E-state index < -0.39 is 11.9 Å². The van der Waals surface area contributed by atoms with Crippen molar-refractivity contribution in [3.05, 3.63) is 58.8 Å². The quantitative estimate of drug-likeness (QED) is 0.503. The van der Waals surface area contributed by atoms with E-state index in [9.17, 15) is 13.2 Å². The molecular formula is C17H14ClF3N6. The number of aryl methyl sites for hydroxylation is 1. The number of aromatic nitrogens is 4. The van der Waals surface area contributed by atoms with Gasteiger partial charge in [0.05, 0.1) is 5.56 Å². The number of nitrogens with one attached hydrogen (secondary N) is 2. The summed E-state index contributed by atoms with van der Waals surface area (Å²) in [5.74, 6) is 0.656. The summed E-state index contributed by atoms with van der Waals surface area (Å²) in [5, 5.41) is 10.5. The van der Waals surface area contributed by atoms with Crippen LogP contribution in [0.1, 0.15) is 16.8 Å². The highest BCUT2D eigenvalue weighted by Gasteiger charge is 2.34. The first-order chi connectivity index (χ1) is 12.8. The molecule has 2 aromatic heterocycles. The molecule has 0 radical (unpaired) electrons. The maximum Gasteiger partial charge on any atom is 0.434 e. The number of halogens is 4. The number of nitrogens with zero attached hydrogens (tertiary/aromatic N) is 4. The van der Waals surface area contributed by atoms with Gasteiger partial charge in [-0.1, -0.05) is 24.3 Å². The van der Waals surface area contributed by atoms with Gasteiger partial charge in [0, 0.05) is 37.8 Å². The second-order valence-corrected chi connectivity index (χ2v) is 6.03. The fourth-order valence-electron chi connectivity index (χ4n) is 2.45. The molecule has 0 saturated carbocycles. The first kappa shape index (κ1) is 18.8. The smallest absolute Gasteiger partial charge is 0.365 e.